The number of rotatable bonds is 6. The van der Waals surface area contributed by atoms with Crippen molar-refractivity contribution in [2.45, 2.75) is 33.2 Å². The fourth-order valence-corrected chi connectivity index (χ4v) is 2.41. The Morgan fingerprint density at radius 1 is 1.29 bits per heavy atom. The highest BCUT2D eigenvalue weighted by molar-refractivity contribution is 14.0. The van der Waals surface area contributed by atoms with Gasteiger partial charge in [0.2, 0.25) is 0 Å². The molecule has 1 fully saturated rings. The SMILES string of the molecule is CN=C(NCCN(C)CCOC)N1CC(C)(C)C1(C)C.I. The zero-order valence-electron chi connectivity index (χ0n) is 14.7. The predicted molar refractivity (Wildman–Crippen MR) is 101 cm³/mol. The van der Waals surface area contributed by atoms with Gasteiger partial charge in [0.1, 0.15) is 0 Å². The summed E-state index contributed by atoms with van der Waals surface area (Å²) < 4.78 is 5.08. The number of likely N-dealkylation sites (N-methyl/N-ethyl adjacent to an activating group) is 1. The lowest BCUT2D eigenvalue weighted by molar-refractivity contribution is -0.0667. The lowest BCUT2D eigenvalue weighted by Crippen LogP contribution is -2.72. The summed E-state index contributed by atoms with van der Waals surface area (Å²) in [6, 6.07) is 0. The fraction of sp³-hybridized carbons (Fsp3) is 0.933. The van der Waals surface area contributed by atoms with E-state index in [0.717, 1.165) is 38.7 Å². The number of hydrogen-bond acceptors (Lipinski definition) is 3. The highest BCUT2D eigenvalue weighted by Gasteiger charge is 2.53. The Labute approximate surface area is 147 Å². The molecule has 0 amide bonds. The van der Waals surface area contributed by atoms with Crippen molar-refractivity contribution in [1.29, 1.82) is 0 Å². The molecule has 1 aliphatic heterocycles. The van der Waals surface area contributed by atoms with Gasteiger partial charge in [0.25, 0.3) is 0 Å². The topological polar surface area (TPSA) is 40.1 Å². The van der Waals surface area contributed by atoms with Gasteiger partial charge in [-0.15, -0.1) is 24.0 Å². The van der Waals surface area contributed by atoms with Gasteiger partial charge in [0.15, 0.2) is 5.96 Å². The van der Waals surface area contributed by atoms with Crippen LogP contribution in [0.4, 0.5) is 0 Å². The summed E-state index contributed by atoms with van der Waals surface area (Å²) in [5.74, 6) is 1.01. The number of likely N-dealkylation sites (tertiary alicyclic amines) is 1. The van der Waals surface area contributed by atoms with E-state index in [1.165, 1.54) is 0 Å². The third kappa shape index (κ3) is 4.96. The van der Waals surface area contributed by atoms with Crippen LogP contribution < -0.4 is 5.32 Å². The molecule has 0 aliphatic carbocycles. The Morgan fingerprint density at radius 3 is 2.33 bits per heavy atom. The molecule has 0 unspecified atom stereocenters. The smallest absolute Gasteiger partial charge is 0.194 e. The first-order chi connectivity index (χ1) is 9.26. The van der Waals surface area contributed by atoms with Crippen molar-refractivity contribution in [3.63, 3.8) is 0 Å². The third-order valence-electron chi connectivity index (χ3n) is 4.81. The quantitative estimate of drug-likeness (QED) is 0.411. The standard InChI is InChI=1S/C15H32N4O.HI/c1-14(2)12-19(15(14,3)4)13(16-5)17-8-9-18(6)10-11-20-7;/h8-12H2,1-7H3,(H,16,17);1H. The van der Waals surface area contributed by atoms with E-state index >= 15 is 0 Å². The number of aliphatic imine (C=N–C) groups is 1. The highest BCUT2D eigenvalue weighted by Crippen LogP contribution is 2.46. The van der Waals surface area contributed by atoms with Gasteiger partial charge in [-0.2, -0.15) is 0 Å². The van der Waals surface area contributed by atoms with Crippen molar-refractivity contribution in [2.75, 3.05) is 54.0 Å². The van der Waals surface area contributed by atoms with E-state index in [4.69, 9.17) is 4.74 Å². The summed E-state index contributed by atoms with van der Waals surface area (Å²) >= 11 is 0. The molecule has 0 bridgehead atoms. The van der Waals surface area contributed by atoms with E-state index in [9.17, 15) is 0 Å². The second kappa shape index (κ2) is 8.53. The van der Waals surface area contributed by atoms with Crippen molar-refractivity contribution >= 4 is 29.9 Å². The van der Waals surface area contributed by atoms with Gasteiger partial charge >= 0.3 is 0 Å². The van der Waals surface area contributed by atoms with Crippen LogP contribution in [-0.2, 0) is 4.74 Å². The van der Waals surface area contributed by atoms with Gasteiger partial charge in [-0.05, 0) is 20.9 Å². The molecule has 126 valence electrons. The normalized spacial score (nSPS) is 20.0. The van der Waals surface area contributed by atoms with Gasteiger partial charge in [0.05, 0.1) is 6.61 Å². The number of nitrogens with one attached hydrogen (secondary N) is 1. The number of halogens is 1. The minimum atomic E-state index is 0. The summed E-state index contributed by atoms with van der Waals surface area (Å²) in [5, 5.41) is 3.47. The molecule has 0 aromatic heterocycles. The van der Waals surface area contributed by atoms with E-state index < -0.39 is 0 Å². The van der Waals surface area contributed by atoms with E-state index in [-0.39, 0.29) is 29.5 Å². The van der Waals surface area contributed by atoms with Gasteiger partial charge in [-0.3, -0.25) is 4.99 Å². The van der Waals surface area contributed by atoms with E-state index in [1.54, 1.807) is 7.11 Å². The first-order valence-electron chi connectivity index (χ1n) is 7.42. The zero-order chi connectivity index (χ0) is 15.4. The Kier molecular flexibility index (Phi) is 8.49. The lowest BCUT2D eigenvalue weighted by Gasteiger charge is -2.62. The van der Waals surface area contributed by atoms with Gasteiger partial charge < -0.3 is 19.9 Å². The van der Waals surface area contributed by atoms with Gasteiger partial charge in [0, 0.05) is 51.3 Å². The van der Waals surface area contributed by atoms with Crippen LogP contribution in [0.5, 0.6) is 0 Å². The Bertz CT molecular complexity index is 345. The van der Waals surface area contributed by atoms with Crippen molar-refractivity contribution < 1.29 is 4.74 Å². The number of hydrogen-bond donors (Lipinski definition) is 1. The molecule has 0 atom stereocenters. The summed E-state index contributed by atoms with van der Waals surface area (Å²) in [7, 11) is 5.71. The molecule has 21 heavy (non-hydrogen) atoms. The number of nitrogens with zero attached hydrogens (tertiary/aromatic N) is 3. The van der Waals surface area contributed by atoms with Crippen LogP contribution >= 0.6 is 24.0 Å². The molecule has 1 rings (SSSR count). The van der Waals surface area contributed by atoms with Crippen LogP contribution in [0, 0.1) is 5.41 Å². The van der Waals surface area contributed by atoms with Crippen LogP contribution in [0.2, 0.25) is 0 Å². The molecule has 1 saturated heterocycles. The van der Waals surface area contributed by atoms with E-state index in [2.05, 4.69) is 54.9 Å². The minimum Gasteiger partial charge on any atom is -0.383 e. The Balaban J connectivity index is 0.00000400. The van der Waals surface area contributed by atoms with Crippen molar-refractivity contribution in [3.05, 3.63) is 0 Å². The predicted octanol–water partition coefficient (Wildman–Crippen LogP) is 1.88. The molecule has 0 spiro atoms. The molecular weight excluding hydrogens is 379 g/mol. The van der Waals surface area contributed by atoms with Gasteiger partial charge in [-0.25, -0.2) is 0 Å². The molecule has 6 heteroatoms. The summed E-state index contributed by atoms with van der Waals surface area (Å²) in [4.78, 5) is 9.04. The van der Waals surface area contributed by atoms with Crippen LogP contribution in [0.1, 0.15) is 27.7 Å². The summed E-state index contributed by atoms with van der Waals surface area (Å²) in [6.45, 7) is 13.9. The van der Waals surface area contributed by atoms with Crippen LogP contribution in [0.25, 0.3) is 0 Å². The average Bonchev–Trinajstić information content (AvgIpc) is 2.39. The molecule has 5 nitrogen and oxygen atoms in total. The van der Waals surface area contributed by atoms with Crippen molar-refractivity contribution in [2.24, 2.45) is 10.4 Å². The monoisotopic (exact) mass is 412 g/mol. The van der Waals surface area contributed by atoms with E-state index in [0.29, 0.717) is 5.41 Å². The summed E-state index contributed by atoms with van der Waals surface area (Å²) in [6.07, 6.45) is 0. The maximum absolute atomic E-state index is 5.08. The maximum Gasteiger partial charge on any atom is 0.194 e. The average molecular weight is 412 g/mol. The van der Waals surface area contributed by atoms with Crippen LogP contribution in [0.15, 0.2) is 4.99 Å². The van der Waals surface area contributed by atoms with E-state index in [1.807, 2.05) is 7.05 Å². The largest absolute Gasteiger partial charge is 0.383 e. The van der Waals surface area contributed by atoms with Crippen molar-refractivity contribution in [3.8, 4) is 0 Å². The summed E-state index contributed by atoms with van der Waals surface area (Å²) in [5.41, 5.74) is 0.483. The molecular formula is C15H33IN4O. The molecule has 0 aromatic rings. The maximum atomic E-state index is 5.08. The zero-order valence-corrected chi connectivity index (χ0v) is 17.0. The second-order valence-electron chi connectivity index (χ2n) is 6.80. The molecule has 1 N–H and O–H groups in total. The molecule has 0 radical (unpaired) electrons. The third-order valence-corrected chi connectivity index (χ3v) is 4.81. The fourth-order valence-electron chi connectivity index (χ4n) is 2.41. The second-order valence-corrected chi connectivity index (χ2v) is 6.80. The first kappa shape index (κ1) is 20.9. The Morgan fingerprint density at radius 2 is 1.90 bits per heavy atom. The highest BCUT2D eigenvalue weighted by atomic mass is 127. The molecule has 1 heterocycles. The van der Waals surface area contributed by atoms with Crippen molar-refractivity contribution in [1.82, 2.24) is 15.1 Å². The molecule has 0 aromatic carbocycles. The number of guanidine groups is 1. The minimum absolute atomic E-state index is 0. The molecule has 0 saturated carbocycles. The Hall–Kier alpha value is -0.0800. The first-order valence-corrected chi connectivity index (χ1v) is 7.42. The van der Waals surface area contributed by atoms with Gasteiger partial charge in [-0.1, -0.05) is 13.8 Å². The number of ether oxygens (including phenoxy) is 1. The van der Waals surface area contributed by atoms with Crippen LogP contribution in [0.3, 0.4) is 0 Å². The lowest BCUT2D eigenvalue weighted by atomic mass is 9.65. The number of methoxy groups -OCH3 is 1. The van der Waals surface area contributed by atoms with Crippen LogP contribution in [-0.4, -0.2) is 75.3 Å². The molecule has 1 aliphatic rings.